The lowest BCUT2D eigenvalue weighted by Gasteiger charge is -2.09. The number of methoxy groups -OCH3 is 1. The van der Waals surface area contributed by atoms with Gasteiger partial charge in [-0.05, 0) is 19.1 Å². The van der Waals surface area contributed by atoms with Crippen LogP contribution in [0.1, 0.15) is 17.3 Å². The molecule has 0 aliphatic carbocycles. The highest BCUT2D eigenvalue weighted by Gasteiger charge is 2.15. The molecule has 4 heteroatoms. The number of carbonyl (C=O) groups is 1. The van der Waals surface area contributed by atoms with Gasteiger partial charge in [-0.3, -0.25) is 4.79 Å². The maximum Gasteiger partial charge on any atom is 0.258 e. The lowest BCUT2D eigenvalue weighted by atomic mass is 10.1. The van der Waals surface area contributed by atoms with Crippen molar-refractivity contribution in [1.29, 1.82) is 0 Å². The minimum atomic E-state index is -0.331. The van der Waals surface area contributed by atoms with E-state index in [0.29, 0.717) is 12.3 Å². The zero-order valence-electron chi connectivity index (χ0n) is 8.20. The fourth-order valence-electron chi connectivity index (χ4n) is 1.17. The molecule has 2 N–H and O–H groups in total. The van der Waals surface area contributed by atoms with E-state index >= 15 is 0 Å². The van der Waals surface area contributed by atoms with Crippen LogP contribution in [0.2, 0.25) is 0 Å². The van der Waals surface area contributed by atoms with Crippen molar-refractivity contribution in [2.24, 2.45) is 0 Å². The summed E-state index contributed by atoms with van der Waals surface area (Å²) in [7, 11) is 1.46. The molecular formula is C10H13NO3. The van der Waals surface area contributed by atoms with Crippen LogP contribution in [0.4, 0.5) is 0 Å². The number of carbonyl (C=O) groups excluding carboxylic acids is 1. The third kappa shape index (κ3) is 1.96. The zero-order valence-corrected chi connectivity index (χ0v) is 8.20. The second-order valence-electron chi connectivity index (χ2n) is 2.71. The van der Waals surface area contributed by atoms with E-state index < -0.39 is 0 Å². The van der Waals surface area contributed by atoms with Crippen molar-refractivity contribution in [2.75, 3.05) is 13.7 Å². The fraction of sp³-hybridized carbons (Fsp3) is 0.300. The van der Waals surface area contributed by atoms with Crippen LogP contribution in [0.25, 0.3) is 0 Å². The quantitative estimate of drug-likeness (QED) is 0.760. The van der Waals surface area contributed by atoms with E-state index in [4.69, 9.17) is 4.74 Å². The molecule has 0 atom stereocenters. The Labute approximate surface area is 82.5 Å². The molecular weight excluding hydrogens is 182 g/mol. The van der Waals surface area contributed by atoms with Crippen LogP contribution in [0.3, 0.4) is 0 Å². The highest BCUT2D eigenvalue weighted by molar-refractivity contribution is 5.99. The minimum absolute atomic E-state index is 0.0738. The van der Waals surface area contributed by atoms with Crippen molar-refractivity contribution < 1.29 is 14.6 Å². The van der Waals surface area contributed by atoms with Crippen LogP contribution < -0.4 is 10.1 Å². The van der Waals surface area contributed by atoms with E-state index in [1.807, 2.05) is 6.92 Å². The van der Waals surface area contributed by atoms with E-state index in [1.54, 1.807) is 12.1 Å². The molecule has 0 aliphatic rings. The fourth-order valence-corrected chi connectivity index (χ4v) is 1.17. The monoisotopic (exact) mass is 195 g/mol. The van der Waals surface area contributed by atoms with Gasteiger partial charge in [-0.15, -0.1) is 0 Å². The number of phenols is 1. The topological polar surface area (TPSA) is 58.6 Å². The molecule has 1 amide bonds. The summed E-state index contributed by atoms with van der Waals surface area (Å²) in [4.78, 5) is 11.5. The second kappa shape index (κ2) is 4.50. The van der Waals surface area contributed by atoms with Gasteiger partial charge < -0.3 is 15.2 Å². The smallest absolute Gasteiger partial charge is 0.258 e. The standard InChI is InChI=1S/C10H13NO3/c1-3-11-10(13)9-7(12)5-4-6-8(9)14-2/h4-6,12H,3H2,1-2H3,(H,11,13). The molecule has 0 spiro atoms. The van der Waals surface area contributed by atoms with Crippen molar-refractivity contribution in [2.45, 2.75) is 6.92 Å². The maximum absolute atomic E-state index is 11.5. The number of phenolic OH excluding ortho intramolecular Hbond substituents is 1. The largest absolute Gasteiger partial charge is 0.507 e. The van der Waals surface area contributed by atoms with E-state index in [2.05, 4.69) is 5.32 Å². The molecule has 76 valence electrons. The summed E-state index contributed by atoms with van der Waals surface area (Å²) in [5.74, 6) is -0.0336. The van der Waals surface area contributed by atoms with Gasteiger partial charge in [-0.1, -0.05) is 6.07 Å². The molecule has 0 aliphatic heterocycles. The molecule has 0 bridgehead atoms. The molecule has 0 unspecified atom stereocenters. The van der Waals surface area contributed by atoms with Gasteiger partial charge in [0.25, 0.3) is 5.91 Å². The van der Waals surface area contributed by atoms with Crippen molar-refractivity contribution in [3.8, 4) is 11.5 Å². The molecule has 0 saturated carbocycles. The van der Waals surface area contributed by atoms with Gasteiger partial charge in [0.15, 0.2) is 0 Å². The van der Waals surface area contributed by atoms with E-state index in [0.717, 1.165) is 0 Å². The second-order valence-corrected chi connectivity index (χ2v) is 2.71. The van der Waals surface area contributed by atoms with E-state index in [-0.39, 0.29) is 17.2 Å². The Bertz CT molecular complexity index is 336. The van der Waals surface area contributed by atoms with Crippen LogP contribution in [0, 0.1) is 0 Å². The number of benzene rings is 1. The van der Waals surface area contributed by atoms with Crippen LogP contribution in [-0.4, -0.2) is 24.7 Å². The lowest BCUT2D eigenvalue weighted by molar-refractivity contribution is 0.0950. The van der Waals surface area contributed by atoms with Crippen LogP contribution in [0.5, 0.6) is 11.5 Å². The maximum atomic E-state index is 11.5. The Kier molecular flexibility index (Phi) is 3.34. The summed E-state index contributed by atoms with van der Waals surface area (Å²) in [6.07, 6.45) is 0. The third-order valence-electron chi connectivity index (χ3n) is 1.79. The van der Waals surface area contributed by atoms with Crippen LogP contribution in [-0.2, 0) is 0 Å². The highest BCUT2D eigenvalue weighted by Crippen LogP contribution is 2.26. The molecule has 0 aromatic heterocycles. The van der Waals surface area contributed by atoms with Crippen molar-refractivity contribution in [1.82, 2.24) is 5.32 Å². The van der Waals surface area contributed by atoms with Crippen molar-refractivity contribution >= 4 is 5.91 Å². The van der Waals surface area contributed by atoms with Crippen LogP contribution >= 0.6 is 0 Å². The summed E-state index contributed by atoms with van der Waals surface area (Å²) < 4.78 is 4.97. The van der Waals surface area contributed by atoms with Gasteiger partial charge in [0.1, 0.15) is 17.1 Å². The first-order chi connectivity index (χ1) is 6.70. The average Bonchev–Trinajstić information content (AvgIpc) is 2.17. The summed E-state index contributed by atoms with van der Waals surface area (Å²) >= 11 is 0. The first-order valence-corrected chi connectivity index (χ1v) is 4.34. The summed E-state index contributed by atoms with van der Waals surface area (Å²) in [6, 6.07) is 4.70. The molecule has 14 heavy (non-hydrogen) atoms. The molecule has 1 rings (SSSR count). The summed E-state index contributed by atoms with van der Waals surface area (Å²) in [5.41, 5.74) is 0.178. The molecule has 0 saturated heterocycles. The Morgan fingerprint density at radius 3 is 2.86 bits per heavy atom. The number of hydrogen-bond acceptors (Lipinski definition) is 3. The number of ether oxygens (including phenoxy) is 1. The van der Waals surface area contributed by atoms with Gasteiger partial charge in [0.2, 0.25) is 0 Å². The number of nitrogens with one attached hydrogen (secondary N) is 1. The average molecular weight is 195 g/mol. The molecule has 1 aromatic carbocycles. The predicted molar refractivity (Wildman–Crippen MR) is 52.7 cm³/mol. The third-order valence-corrected chi connectivity index (χ3v) is 1.79. The Hall–Kier alpha value is -1.71. The highest BCUT2D eigenvalue weighted by atomic mass is 16.5. The Balaban J connectivity index is 3.10. The lowest BCUT2D eigenvalue weighted by Crippen LogP contribution is -2.23. The number of aromatic hydroxyl groups is 1. The molecule has 0 fully saturated rings. The molecule has 1 aromatic rings. The van der Waals surface area contributed by atoms with Gasteiger partial charge in [0.05, 0.1) is 7.11 Å². The van der Waals surface area contributed by atoms with Crippen molar-refractivity contribution in [3.05, 3.63) is 23.8 Å². The number of amides is 1. The molecule has 0 heterocycles. The van der Waals surface area contributed by atoms with Gasteiger partial charge >= 0.3 is 0 Å². The van der Waals surface area contributed by atoms with Gasteiger partial charge in [-0.2, -0.15) is 0 Å². The first kappa shape index (κ1) is 10.4. The first-order valence-electron chi connectivity index (χ1n) is 4.34. The summed E-state index contributed by atoms with van der Waals surface area (Å²) in [6.45, 7) is 2.32. The van der Waals surface area contributed by atoms with E-state index in [9.17, 15) is 9.90 Å². The SMILES string of the molecule is CCNC(=O)c1c(O)cccc1OC. The van der Waals surface area contributed by atoms with Crippen molar-refractivity contribution in [3.63, 3.8) is 0 Å². The molecule has 4 nitrogen and oxygen atoms in total. The Morgan fingerprint density at radius 2 is 2.29 bits per heavy atom. The Morgan fingerprint density at radius 1 is 1.57 bits per heavy atom. The molecule has 0 radical (unpaired) electrons. The zero-order chi connectivity index (χ0) is 10.6. The van der Waals surface area contributed by atoms with Crippen LogP contribution in [0.15, 0.2) is 18.2 Å². The normalized spacial score (nSPS) is 9.57. The van der Waals surface area contributed by atoms with Gasteiger partial charge in [0, 0.05) is 6.54 Å². The number of rotatable bonds is 3. The number of hydrogen-bond donors (Lipinski definition) is 2. The van der Waals surface area contributed by atoms with Gasteiger partial charge in [-0.25, -0.2) is 0 Å². The minimum Gasteiger partial charge on any atom is -0.507 e. The van der Waals surface area contributed by atoms with E-state index in [1.165, 1.54) is 13.2 Å². The predicted octanol–water partition coefficient (Wildman–Crippen LogP) is 1.15. The summed E-state index contributed by atoms with van der Waals surface area (Å²) in [5, 5.41) is 12.1.